The molecule has 0 bridgehead atoms. The average Bonchev–Trinajstić information content (AvgIpc) is 3.32. The van der Waals surface area contributed by atoms with Crippen LogP contribution in [0.3, 0.4) is 0 Å². The molecule has 1 aliphatic heterocycles. The zero-order valence-corrected chi connectivity index (χ0v) is 22.5. The number of hydrogen-bond acceptors (Lipinski definition) is 5. The van der Waals surface area contributed by atoms with E-state index in [0.717, 1.165) is 35.5 Å². The molecule has 6 rings (SSSR count). The summed E-state index contributed by atoms with van der Waals surface area (Å²) in [7, 11) is 0. The van der Waals surface area contributed by atoms with Crippen molar-refractivity contribution in [3.05, 3.63) is 83.7 Å². The van der Waals surface area contributed by atoms with Crippen molar-refractivity contribution in [3.8, 4) is 0 Å². The second-order valence-corrected chi connectivity index (χ2v) is 12.6. The molecule has 2 aliphatic rings. The Kier molecular flexibility index (Phi) is 7.35. The van der Waals surface area contributed by atoms with Crippen molar-refractivity contribution in [2.24, 2.45) is 0 Å². The monoisotopic (exact) mass is 514 g/mol. The van der Waals surface area contributed by atoms with E-state index >= 15 is 0 Å². The van der Waals surface area contributed by atoms with Gasteiger partial charge in [0.1, 0.15) is 0 Å². The lowest BCUT2D eigenvalue weighted by atomic mass is 9.95. The Morgan fingerprint density at radius 3 is 2.75 bits per heavy atom. The van der Waals surface area contributed by atoms with Crippen LogP contribution in [0, 0.1) is 0 Å². The molecule has 4 aromatic rings. The van der Waals surface area contributed by atoms with E-state index in [0.29, 0.717) is 16.7 Å². The molecule has 1 aliphatic carbocycles. The summed E-state index contributed by atoms with van der Waals surface area (Å²) in [6, 6.07) is 22.2. The maximum Gasteiger partial charge on any atom is 0.167 e. The van der Waals surface area contributed by atoms with Gasteiger partial charge >= 0.3 is 0 Å². The summed E-state index contributed by atoms with van der Waals surface area (Å²) in [6.45, 7) is 3.60. The molecule has 3 unspecified atom stereocenters. The number of nitrogens with one attached hydrogen (secondary N) is 1. The first kappa shape index (κ1) is 24.1. The van der Waals surface area contributed by atoms with Crippen LogP contribution in [-0.4, -0.2) is 37.8 Å². The number of benzene rings is 2. The lowest BCUT2D eigenvalue weighted by Gasteiger charge is -2.40. The van der Waals surface area contributed by atoms with Gasteiger partial charge in [-0.05, 0) is 81.3 Å². The van der Waals surface area contributed by atoms with E-state index in [4.69, 9.17) is 9.97 Å². The average molecular weight is 515 g/mol. The van der Waals surface area contributed by atoms with Crippen LogP contribution < -0.4 is 0 Å². The van der Waals surface area contributed by atoms with Crippen molar-refractivity contribution in [1.82, 2.24) is 19.9 Å². The second-order valence-electron chi connectivity index (χ2n) is 10.0. The number of hydrogen-bond donors (Lipinski definition) is 1. The number of rotatable bonds is 7. The Bertz CT molecular complexity index is 1270. The van der Waals surface area contributed by atoms with Crippen LogP contribution in [0.4, 0.5) is 0 Å². The predicted octanol–water partition coefficient (Wildman–Crippen LogP) is 7.66. The molecule has 0 amide bonds. The molecular weight excluding hydrogens is 480 g/mol. The van der Waals surface area contributed by atoms with E-state index < -0.39 is 0 Å². The SMILES string of the molecule is CC(Sc1ccnc2c1CCCC2Sc1nc2ccccc2[nH]1)N1CCCCC1Cc1ccccc1. The minimum atomic E-state index is 0.353. The maximum atomic E-state index is 4.91. The molecule has 2 aromatic carbocycles. The fourth-order valence-corrected chi connectivity index (χ4v) is 8.28. The summed E-state index contributed by atoms with van der Waals surface area (Å²) >= 11 is 3.89. The maximum absolute atomic E-state index is 4.91. The minimum absolute atomic E-state index is 0.353. The van der Waals surface area contributed by atoms with Gasteiger partial charge in [-0.15, -0.1) is 11.8 Å². The highest BCUT2D eigenvalue weighted by atomic mass is 32.2. The van der Waals surface area contributed by atoms with Crippen molar-refractivity contribution >= 4 is 34.6 Å². The molecular formula is C30H34N4S2. The van der Waals surface area contributed by atoms with Crippen LogP contribution in [-0.2, 0) is 12.8 Å². The topological polar surface area (TPSA) is 44.8 Å². The van der Waals surface area contributed by atoms with Gasteiger partial charge in [0, 0.05) is 17.1 Å². The Labute approximate surface area is 222 Å². The smallest absolute Gasteiger partial charge is 0.167 e. The van der Waals surface area contributed by atoms with Crippen molar-refractivity contribution in [3.63, 3.8) is 0 Å². The molecule has 2 aromatic heterocycles. The lowest BCUT2D eigenvalue weighted by molar-refractivity contribution is 0.141. The molecule has 0 spiro atoms. The van der Waals surface area contributed by atoms with Gasteiger partial charge in [0.15, 0.2) is 5.16 Å². The van der Waals surface area contributed by atoms with Crippen LogP contribution in [0.15, 0.2) is 76.9 Å². The lowest BCUT2D eigenvalue weighted by Crippen LogP contribution is -2.44. The molecule has 0 radical (unpaired) electrons. The number of pyridine rings is 1. The van der Waals surface area contributed by atoms with Gasteiger partial charge in [0.25, 0.3) is 0 Å². The predicted molar refractivity (Wildman–Crippen MR) is 152 cm³/mol. The fourth-order valence-electron chi connectivity index (χ4n) is 5.82. The molecule has 1 fully saturated rings. The zero-order chi connectivity index (χ0) is 24.3. The van der Waals surface area contributed by atoms with Crippen molar-refractivity contribution in [2.45, 2.75) is 78.6 Å². The third-order valence-electron chi connectivity index (χ3n) is 7.62. The van der Waals surface area contributed by atoms with Gasteiger partial charge in [0.2, 0.25) is 0 Å². The van der Waals surface area contributed by atoms with E-state index in [1.807, 2.05) is 35.8 Å². The van der Waals surface area contributed by atoms with Crippen molar-refractivity contribution in [2.75, 3.05) is 6.54 Å². The highest BCUT2D eigenvalue weighted by molar-refractivity contribution is 8.00. The zero-order valence-electron chi connectivity index (χ0n) is 20.9. The summed E-state index contributed by atoms with van der Waals surface area (Å²) in [5.74, 6) is 0. The van der Waals surface area contributed by atoms with Gasteiger partial charge in [-0.1, -0.05) is 60.6 Å². The van der Waals surface area contributed by atoms with Crippen LogP contribution >= 0.6 is 23.5 Å². The number of likely N-dealkylation sites (tertiary alicyclic amines) is 1. The van der Waals surface area contributed by atoms with Crippen molar-refractivity contribution < 1.29 is 0 Å². The van der Waals surface area contributed by atoms with Gasteiger partial charge < -0.3 is 4.98 Å². The molecule has 1 N–H and O–H groups in total. The van der Waals surface area contributed by atoms with E-state index in [1.54, 1.807) is 0 Å². The van der Waals surface area contributed by atoms with Gasteiger partial charge in [-0.25, -0.2) is 4.98 Å². The number of aromatic nitrogens is 3. The normalized spacial score (nSPS) is 21.4. The Morgan fingerprint density at radius 1 is 1.00 bits per heavy atom. The van der Waals surface area contributed by atoms with E-state index in [-0.39, 0.29) is 0 Å². The molecule has 1 saturated heterocycles. The van der Waals surface area contributed by atoms with Crippen LogP contribution in [0.25, 0.3) is 11.0 Å². The third kappa shape index (κ3) is 5.22. The minimum Gasteiger partial charge on any atom is -0.333 e. The van der Waals surface area contributed by atoms with Crippen LogP contribution in [0.5, 0.6) is 0 Å². The van der Waals surface area contributed by atoms with Crippen molar-refractivity contribution in [1.29, 1.82) is 0 Å². The molecule has 36 heavy (non-hydrogen) atoms. The summed E-state index contributed by atoms with van der Waals surface area (Å²) in [5, 5.41) is 1.80. The van der Waals surface area contributed by atoms with Gasteiger partial charge in [-0.3, -0.25) is 9.88 Å². The summed E-state index contributed by atoms with van der Waals surface area (Å²) in [6.07, 6.45) is 10.6. The fraction of sp³-hybridized carbons (Fsp3) is 0.400. The highest BCUT2D eigenvalue weighted by Gasteiger charge is 2.30. The van der Waals surface area contributed by atoms with E-state index in [1.165, 1.54) is 53.9 Å². The molecule has 3 atom stereocenters. The summed E-state index contributed by atoms with van der Waals surface area (Å²) in [4.78, 5) is 17.4. The molecule has 3 heterocycles. The quantitative estimate of drug-likeness (QED) is 0.256. The second kappa shape index (κ2) is 11.0. The Hall–Kier alpha value is -2.28. The summed E-state index contributed by atoms with van der Waals surface area (Å²) in [5.41, 5.74) is 6.33. The standard InChI is InChI=1S/C30H34N4S2/c1-21(34-19-8-7-12-23(34)20-22-10-3-2-4-11-22)35-27-17-18-31-29-24(27)13-9-16-28(29)36-30-32-25-14-5-6-15-26(25)33-30/h2-6,10-11,14-15,17-18,21,23,28H,7-9,12-13,16,19-20H2,1H3,(H,32,33). The number of thioether (sulfide) groups is 2. The first-order valence-corrected chi connectivity index (χ1v) is 15.1. The number of imidazole rings is 1. The number of piperidine rings is 1. The van der Waals surface area contributed by atoms with Crippen LogP contribution in [0.2, 0.25) is 0 Å². The summed E-state index contributed by atoms with van der Waals surface area (Å²) < 4.78 is 0. The first-order chi connectivity index (χ1) is 17.7. The largest absolute Gasteiger partial charge is 0.333 e. The number of H-pyrrole nitrogens is 1. The highest BCUT2D eigenvalue weighted by Crippen LogP contribution is 2.45. The number of para-hydroxylation sites is 2. The van der Waals surface area contributed by atoms with E-state index in [2.05, 4.69) is 71.4 Å². The molecule has 186 valence electrons. The Balaban J connectivity index is 1.19. The van der Waals surface area contributed by atoms with Gasteiger partial charge in [-0.2, -0.15) is 0 Å². The number of aromatic amines is 1. The first-order valence-electron chi connectivity index (χ1n) is 13.3. The Morgan fingerprint density at radius 2 is 1.86 bits per heavy atom. The molecule has 4 nitrogen and oxygen atoms in total. The molecule has 6 heteroatoms. The van der Waals surface area contributed by atoms with Gasteiger partial charge in [0.05, 0.1) is 27.4 Å². The van der Waals surface area contributed by atoms with Crippen LogP contribution in [0.1, 0.15) is 61.1 Å². The molecule has 0 saturated carbocycles. The number of nitrogens with zero attached hydrogens (tertiary/aromatic N) is 3. The third-order valence-corrected chi connectivity index (χ3v) is 10.0. The number of fused-ring (bicyclic) bond motifs is 2. The van der Waals surface area contributed by atoms with E-state index in [9.17, 15) is 0 Å².